The van der Waals surface area contributed by atoms with E-state index in [4.69, 9.17) is 0 Å². The Balaban J connectivity index is 2.16. The molecule has 0 fully saturated rings. The monoisotopic (exact) mass is 395 g/mol. The Morgan fingerprint density at radius 3 is 2.52 bits per heavy atom. The van der Waals surface area contributed by atoms with E-state index in [2.05, 4.69) is 10.4 Å². The van der Waals surface area contributed by atoms with E-state index in [1.807, 2.05) is 43.7 Å². The Morgan fingerprint density at radius 2 is 1.86 bits per heavy atom. The second-order valence-electron chi connectivity index (χ2n) is 7.59. The molecule has 6 heteroatoms. The van der Waals surface area contributed by atoms with Gasteiger partial charge >= 0.3 is 0 Å². The van der Waals surface area contributed by atoms with Gasteiger partial charge in [-0.1, -0.05) is 12.1 Å². The zero-order chi connectivity index (χ0) is 21.1. The summed E-state index contributed by atoms with van der Waals surface area (Å²) in [6, 6.07) is 12.0. The van der Waals surface area contributed by atoms with E-state index in [-0.39, 0.29) is 30.4 Å². The van der Waals surface area contributed by atoms with Crippen molar-refractivity contribution in [2.75, 3.05) is 6.61 Å². The molecule has 0 saturated heterocycles. The number of aryl methyl sites for hydroxylation is 1. The number of aliphatic hydroxyl groups is 1. The van der Waals surface area contributed by atoms with Crippen molar-refractivity contribution in [3.8, 4) is 22.4 Å². The molecule has 29 heavy (non-hydrogen) atoms. The fourth-order valence-corrected chi connectivity index (χ4v) is 3.22. The average Bonchev–Trinajstić information content (AvgIpc) is 3.17. The standard InChI is InChI=1S/C23H26FN3O2/c1-14(2)27-22(7-8-25-27)18-10-17(20-6-5-15(3)9-21(20)24)11-19(12-18)23(29)26-16(4)13-28/h5-12,14,16,28H,13H2,1-4H3,(H,26,29). The molecule has 0 spiro atoms. The number of carbonyl (C=O) groups excluding carboxylic acids is 1. The second-order valence-corrected chi connectivity index (χ2v) is 7.59. The molecule has 2 N–H and O–H groups in total. The van der Waals surface area contributed by atoms with Crippen LogP contribution in [0.1, 0.15) is 42.7 Å². The van der Waals surface area contributed by atoms with Gasteiger partial charge in [0.05, 0.1) is 12.3 Å². The predicted octanol–water partition coefficient (Wildman–Crippen LogP) is 4.36. The maximum Gasteiger partial charge on any atom is 0.251 e. The van der Waals surface area contributed by atoms with Gasteiger partial charge in [-0.25, -0.2) is 4.39 Å². The third kappa shape index (κ3) is 4.54. The van der Waals surface area contributed by atoms with Crippen LogP contribution in [0.25, 0.3) is 22.4 Å². The van der Waals surface area contributed by atoms with Gasteiger partial charge in [0.25, 0.3) is 5.91 Å². The van der Waals surface area contributed by atoms with Gasteiger partial charge in [0, 0.05) is 35.0 Å². The Bertz CT molecular complexity index is 1030. The van der Waals surface area contributed by atoms with Gasteiger partial charge in [-0.2, -0.15) is 5.10 Å². The SMILES string of the molecule is Cc1ccc(-c2cc(C(=O)NC(C)CO)cc(-c3ccnn3C(C)C)c2)c(F)c1. The fraction of sp³-hybridized carbons (Fsp3) is 0.304. The normalized spacial score (nSPS) is 12.2. The first kappa shape index (κ1) is 20.7. The van der Waals surface area contributed by atoms with Crippen molar-refractivity contribution >= 4 is 5.91 Å². The highest BCUT2D eigenvalue weighted by atomic mass is 19.1. The Labute approximate surface area is 170 Å². The van der Waals surface area contributed by atoms with Crippen molar-refractivity contribution < 1.29 is 14.3 Å². The lowest BCUT2D eigenvalue weighted by atomic mass is 9.96. The molecule has 1 heterocycles. The average molecular weight is 395 g/mol. The lowest BCUT2D eigenvalue weighted by Gasteiger charge is -2.16. The first-order valence-corrected chi connectivity index (χ1v) is 9.67. The first-order chi connectivity index (χ1) is 13.8. The number of aliphatic hydroxyl groups excluding tert-OH is 1. The van der Waals surface area contributed by atoms with E-state index in [9.17, 15) is 14.3 Å². The first-order valence-electron chi connectivity index (χ1n) is 9.67. The summed E-state index contributed by atoms with van der Waals surface area (Å²) in [6.45, 7) is 7.44. The Kier molecular flexibility index (Phi) is 6.13. The highest BCUT2D eigenvalue weighted by Gasteiger charge is 2.17. The third-order valence-corrected chi connectivity index (χ3v) is 4.74. The van der Waals surface area contributed by atoms with Crippen molar-refractivity contribution in [1.82, 2.24) is 15.1 Å². The number of benzene rings is 2. The molecule has 152 valence electrons. The molecule has 0 bridgehead atoms. The molecule has 0 aliphatic rings. The predicted molar refractivity (Wildman–Crippen MR) is 112 cm³/mol. The molecule has 3 rings (SSSR count). The summed E-state index contributed by atoms with van der Waals surface area (Å²) in [5.41, 5.74) is 3.88. The van der Waals surface area contributed by atoms with Gasteiger partial charge in [-0.15, -0.1) is 0 Å². The Hall–Kier alpha value is -2.99. The summed E-state index contributed by atoms with van der Waals surface area (Å²) in [5, 5.41) is 16.4. The van der Waals surface area contributed by atoms with Crippen molar-refractivity contribution in [2.24, 2.45) is 0 Å². The van der Waals surface area contributed by atoms with Crippen molar-refractivity contribution in [2.45, 2.75) is 39.8 Å². The quantitative estimate of drug-likeness (QED) is 0.652. The molecule has 5 nitrogen and oxygen atoms in total. The molecular formula is C23H26FN3O2. The maximum atomic E-state index is 14.7. The maximum absolute atomic E-state index is 14.7. The minimum atomic E-state index is -0.382. The highest BCUT2D eigenvalue weighted by Crippen LogP contribution is 2.31. The molecule has 0 aliphatic carbocycles. The van der Waals surface area contributed by atoms with Crippen LogP contribution in [-0.4, -0.2) is 33.4 Å². The van der Waals surface area contributed by atoms with E-state index in [0.29, 0.717) is 16.7 Å². The molecule has 3 aromatic rings. The van der Waals surface area contributed by atoms with Crippen LogP contribution in [0.15, 0.2) is 48.7 Å². The van der Waals surface area contributed by atoms with Crippen LogP contribution in [-0.2, 0) is 0 Å². The van der Waals surface area contributed by atoms with Gasteiger partial charge in [0.2, 0.25) is 0 Å². The number of halogens is 1. The van der Waals surface area contributed by atoms with Crippen LogP contribution in [0.4, 0.5) is 4.39 Å². The van der Waals surface area contributed by atoms with Crippen LogP contribution in [0.5, 0.6) is 0 Å². The summed E-state index contributed by atoms with van der Waals surface area (Å²) in [7, 11) is 0. The lowest BCUT2D eigenvalue weighted by molar-refractivity contribution is 0.0922. The Morgan fingerprint density at radius 1 is 1.14 bits per heavy atom. The van der Waals surface area contributed by atoms with Crippen molar-refractivity contribution in [1.29, 1.82) is 0 Å². The number of hydrogen-bond acceptors (Lipinski definition) is 3. The third-order valence-electron chi connectivity index (χ3n) is 4.74. The number of hydrogen-bond donors (Lipinski definition) is 2. The van der Waals surface area contributed by atoms with Gasteiger partial charge in [0.1, 0.15) is 5.82 Å². The number of rotatable bonds is 6. The van der Waals surface area contributed by atoms with E-state index < -0.39 is 0 Å². The molecule has 0 aliphatic heterocycles. The topological polar surface area (TPSA) is 67.2 Å². The highest BCUT2D eigenvalue weighted by molar-refractivity contribution is 5.97. The van der Waals surface area contributed by atoms with Crippen LogP contribution in [0.2, 0.25) is 0 Å². The number of nitrogens with one attached hydrogen (secondary N) is 1. The van der Waals surface area contributed by atoms with Crippen LogP contribution < -0.4 is 5.32 Å². The molecule has 2 aromatic carbocycles. The number of aromatic nitrogens is 2. The smallest absolute Gasteiger partial charge is 0.251 e. The molecule has 1 amide bonds. The van der Waals surface area contributed by atoms with Crippen molar-refractivity contribution in [3.63, 3.8) is 0 Å². The van der Waals surface area contributed by atoms with Gasteiger partial charge < -0.3 is 10.4 Å². The van der Waals surface area contributed by atoms with E-state index >= 15 is 0 Å². The van der Waals surface area contributed by atoms with E-state index in [1.165, 1.54) is 6.07 Å². The molecule has 0 radical (unpaired) electrons. The number of carbonyl (C=O) groups is 1. The summed E-state index contributed by atoms with van der Waals surface area (Å²) in [6.07, 6.45) is 1.71. The van der Waals surface area contributed by atoms with E-state index in [0.717, 1.165) is 16.8 Å². The van der Waals surface area contributed by atoms with E-state index in [1.54, 1.807) is 31.3 Å². The van der Waals surface area contributed by atoms with Crippen LogP contribution in [0, 0.1) is 12.7 Å². The number of nitrogens with zero attached hydrogens (tertiary/aromatic N) is 2. The fourth-order valence-electron chi connectivity index (χ4n) is 3.22. The van der Waals surface area contributed by atoms with Crippen molar-refractivity contribution in [3.05, 3.63) is 65.6 Å². The number of amides is 1. The largest absolute Gasteiger partial charge is 0.394 e. The summed E-state index contributed by atoms with van der Waals surface area (Å²) < 4.78 is 16.5. The second kappa shape index (κ2) is 8.57. The molecule has 0 saturated carbocycles. The molecular weight excluding hydrogens is 369 g/mol. The van der Waals surface area contributed by atoms with Gasteiger partial charge in [-0.3, -0.25) is 9.48 Å². The zero-order valence-electron chi connectivity index (χ0n) is 17.1. The molecule has 1 atom stereocenters. The minimum absolute atomic E-state index is 0.131. The lowest BCUT2D eigenvalue weighted by Crippen LogP contribution is -2.35. The van der Waals surface area contributed by atoms with Gasteiger partial charge in [0.15, 0.2) is 0 Å². The summed E-state index contributed by atoms with van der Waals surface area (Å²) in [4.78, 5) is 12.7. The van der Waals surface area contributed by atoms with Crippen LogP contribution in [0.3, 0.4) is 0 Å². The zero-order valence-corrected chi connectivity index (χ0v) is 17.1. The minimum Gasteiger partial charge on any atom is -0.394 e. The van der Waals surface area contributed by atoms with Gasteiger partial charge in [-0.05, 0) is 69.2 Å². The molecule has 1 aromatic heterocycles. The van der Waals surface area contributed by atoms with Crippen LogP contribution >= 0.6 is 0 Å². The molecule has 1 unspecified atom stereocenters. The summed E-state index contributed by atoms with van der Waals surface area (Å²) in [5.74, 6) is -0.660. The summed E-state index contributed by atoms with van der Waals surface area (Å²) >= 11 is 0.